The number of benzene rings is 1. The molecule has 1 aromatic carbocycles. The van der Waals surface area contributed by atoms with E-state index in [0.29, 0.717) is 30.0 Å². The van der Waals surface area contributed by atoms with E-state index in [4.69, 9.17) is 32.7 Å². The van der Waals surface area contributed by atoms with E-state index < -0.39 is 0 Å². The lowest BCUT2D eigenvalue weighted by molar-refractivity contribution is 0.131. The largest absolute Gasteiger partial charge is 0.493 e. The van der Waals surface area contributed by atoms with Gasteiger partial charge in [0.2, 0.25) is 5.28 Å². The second-order valence-electron chi connectivity index (χ2n) is 6.78. The van der Waals surface area contributed by atoms with Gasteiger partial charge in [-0.1, -0.05) is 29.8 Å². The number of para-hydroxylation sites is 1. The van der Waals surface area contributed by atoms with Crippen molar-refractivity contribution in [1.82, 2.24) is 19.9 Å². The second-order valence-corrected chi connectivity index (χ2v) is 7.48. The number of ether oxygens (including phenoxy) is 2. The Balaban J connectivity index is 1.54. The molecule has 28 heavy (non-hydrogen) atoms. The summed E-state index contributed by atoms with van der Waals surface area (Å²) in [7, 11) is 0. The minimum Gasteiger partial charge on any atom is -0.493 e. The summed E-state index contributed by atoms with van der Waals surface area (Å²) in [4.78, 5) is 19.8. The van der Waals surface area contributed by atoms with Gasteiger partial charge in [-0.3, -0.25) is 0 Å². The van der Waals surface area contributed by atoms with Gasteiger partial charge in [0.1, 0.15) is 11.9 Å². The highest BCUT2D eigenvalue weighted by molar-refractivity contribution is 6.31. The Kier molecular flexibility index (Phi) is 4.56. The minimum atomic E-state index is -0.218. The number of anilines is 1. The quantitative estimate of drug-likeness (QED) is 0.590. The Labute approximate surface area is 171 Å². The van der Waals surface area contributed by atoms with E-state index >= 15 is 0 Å². The zero-order valence-corrected chi connectivity index (χ0v) is 16.4. The van der Waals surface area contributed by atoms with Crippen LogP contribution in [0.15, 0.2) is 24.3 Å². The molecule has 1 atom stereocenters. The Morgan fingerprint density at radius 2 is 1.86 bits per heavy atom. The van der Waals surface area contributed by atoms with E-state index in [9.17, 15) is 0 Å². The van der Waals surface area contributed by atoms with E-state index in [1.807, 2.05) is 24.3 Å². The first kappa shape index (κ1) is 17.7. The highest BCUT2D eigenvalue weighted by atomic mass is 35.5. The third kappa shape index (κ3) is 3.18. The molecule has 0 N–H and O–H groups in total. The maximum atomic E-state index is 6.43. The first-order valence-electron chi connectivity index (χ1n) is 9.23. The molecule has 2 aliphatic rings. The summed E-state index contributed by atoms with van der Waals surface area (Å²) >= 11 is 12.6. The Morgan fingerprint density at radius 1 is 1.04 bits per heavy atom. The van der Waals surface area contributed by atoms with Crippen molar-refractivity contribution in [3.8, 4) is 11.6 Å². The van der Waals surface area contributed by atoms with Gasteiger partial charge in [-0.25, -0.2) is 4.98 Å². The third-order valence-corrected chi connectivity index (χ3v) is 5.39. The van der Waals surface area contributed by atoms with Crippen LogP contribution in [-0.4, -0.2) is 39.6 Å². The smallest absolute Gasteiger partial charge is 0.254 e. The van der Waals surface area contributed by atoms with Gasteiger partial charge in [0.05, 0.1) is 6.61 Å². The van der Waals surface area contributed by atoms with Crippen LogP contribution >= 0.6 is 23.2 Å². The van der Waals surface area contributed by atoms with Crippen LogP contribution in [0.3, 0.4) is 0 Å². The fraction of sp³-hybridized carbons (Fsp3) is 0.368. The van der Waals surface area contributed by atoms with Crippen molar-refractivity contribution in [1.29, 1.82) is 0 Å². The molecule has 0 saturated carbocycles. The number of hydrogen-bond acceptors (Lipinski definition) is 7. The van der Waals surface area contributed by atoms with Gasteiger partial charge in [-0.05, 0) is 30.5 Å². The van der Waals surface area contributed by atoms with Crippen LogP contribution in [-0.2, 0) is 0 Å². The Morgan fingerprint density at radius 3 is 2.71 bits per heavy atom. The number of rotatable bonds is 3. The molecule has 0 amide bonds. The summed E-state index contributed by atoms with van der Waals surface area (Å²) in [6.07, 6.45) is 2.68. The highest BCUT2D eigenvalue weighted by Crippen LogP contribution is 2.37. The molecule has 2 aliphatic heterocycles. The van der Waals surface area contributed by atoms with Crippen molar-refractivity contribution in [2.45, 2.75) is 25.4 Å². The van der Waals surface area contributed by atoms with Gasteiger partial charge in [-0.15, -0.1) is 0 Å². The molecule has 2 aromatic heterocycles. The first-order chi connectivity index (χ1) is 13.7. The molecule has 4 heterocycles. The standard InChI is InChI=1S/C19H17Cl2N5O2/c20-15-18(28-13-7-10-27-12-6-2-1-5-11(12)13)23-16-14(22-15)17(25-19(21)24-16)26-8-3-4-9-26/h1-2,5-6,13H,3-4,7-10H2. The van der Waals surface area contributed by atoms with E-state index in [-0.39, 0.29) is 22.4 Å². The maximum absolute atomic E-state index is 6.43. The molecule has 1 saturated heterocycles. The van der Waals surface area contributed by atoms with Crippen LogP contribution in [0, 0.1) is 0 Å². The SMILES string of the molecule is Clc1nc(N2CCCC2)c2nc(Cl)c(OC3CCOc4ccccc43)nc2n1. The lowest BCUT2D eigenvalue weighted by Crippen LogP contribution is -2.21. The Hall–Kier alpha value is -2.38. The molecule has 144 valence electrons. The molecule has 1 fully saturated rings. The molecular formula is C19H17Cl2N5O2. The maximum Gasteiger partial charge on any atom is 0.254 e. The number of fused-ring (bicyclic) bond motifs is 2. The highest BCUT2D eigenvalue weighted by Gasteiger charge is 2.26. The first-order valence-corrected chi connectivity index (χ1v) is 9.99. The second kappa shape index (κ2) is 7.22. The van der Waals surface area contributed by atoms with Crippen molar-refractivity contribution in [2.75, 3.05) is 24.6 Å². The zero-order chi connectivity index (χ0) is 19.1. The summed E-state index contributed by atoms with van der Waals surface area (Å²) in [6.45, 7) is 2.37. The number of halogens is 2. The van der Waals surface area contributed by atoms with E-state index in [1.165, 1.54) is 0 Å². The molecular weight excluding hydrogens is 401 g/mol. The topological polar surface area (TPSA) is 73.3 Å². The molecule has 1 unspecified atom stereocenters. The molecule has 0 bridgehead atoms. The molecule has 7 nitrogen and oxygen atoms in total. The van der Waals surface area contributed by atoms with Crippen LogP contribution in [0.5, 0.6) is 11.6 Å². The van der Waals surface area contributed by atoms with Crippen LogP contribution in [0.25, 0.3) is 11.2 Å². The summed E-state index contributed by atoms with van der Waals surface area (Å²) in [5, 5.41) is 0.316. The predicted molar refractivity (Wildman–Crippen MR) is 107 cm³/mol. The van der Waals surface area contributed by atoms with Crippen molar-refractivity contribution in [3.05, 3.63) is 40.3 Å². The van der Waals surface area contributed by atoms with Gasteiger partial charge < -0.3 is 14.4 Å². The van der Waals surface area contributed by atoms with Crippen LogP contribution in [0.1, 0.15) is 30.9 Å². The summed E-state index contributed by atoms with van der Waals surface area (Å²) in [5.41, 5.74) is 1.88. The average Bonchev–Trinajstić information content (AvgIpc) is 3.23. The summed E-state index contributed by atoms with van der Waals surface area (Å²) < 4.78 is 11.8. The normalized spacial score (nSPS) is 18.8. The van der Waals surface area contributed by atoms with Crippen LogP contribution in [0.2, 0.25) is 10.4 Å². The number of aromatic nitrogens is 4. The van der Waals surface area contributed by atoms with Crippen LogP contribution < -0.4 is 14.4 Å². The van der Waals surface area contributed by atoms with Crippen molar-refractivity contribution < 1.29 is 9.47 Å². The minimum absolute atomic E-state index is 0.133. The molecule has 0 aliphatic carbocycles. The molecule has 0 radical (unpaired) electrons. The fourth-order valence-electron chi connectivity index (χ4n) is 3.66. The molecule has 3 aromatic rings. The number of nitrogens with zero attached hydrogens (tertiary/aromatic N) is 5. The molecule has 0 spiro atoms. The van der Waals surface area contributed by atoms with Crippen molar-refractivity contribution >= 4 is 40.2 Å². The molecule has 9 heteroatoms. The summed E-state index contributed by atoms with van der Waals surface area (Å²) in [5.74, 6) is 1.72. The predicted octanol–water partition coefficient (Wildman–Crippen LogP) is 4.23. The van der Waals surface area contributed by atoms with Crippen LogP contribution in [0.4, 0.5) is 5.82 Å². The lowest BCUT2D eigenvalue weighted by Gasteiger charge is -2.26. The van der Waals surface area contributed by atoms with E-state index in [0.717, 1.165) is 37.2 Å². The Bertz CT molecular complexity index is 1040. The molecule has 5 rings (SSSR count). The zero-order valence-electron chi connectivity index (χ0n) is 14.9. The van der Waals surface area contributed by atoms with Gasteiger partial charge in [0.15, 0.2) is 22.1 Å². The van der Waals surface area contributed by atoms with Gasteiger partial charge >= 0.3 is 0 Å². The van der Waals surface area contributed by atoms with E-state index in [2.05, 4.69) is 24.8 Å². The lowest BCUT2D eigenvalue weighted by atomic mass is 10.0. The van der Waals surface area contributed by atoms with Gasteiger partial charge in [0, 0.05) is 25.1 Å². The van der Waals surface area contributed by atoms with Gasteiger partial charge in [-0.2, -0.15) is 15.0 Å². The third-order valence-electron chi connectivity index (χ3n) is 4.98. The van der Waals surface area contributed by atoms with Crippen molar-refractivity contribution in [3.63, 3.8) is 0 Å². The van der Waals surface area contributed by atoms with E-state index in [1.54, 1.807) is 0 Å². The summed E-state index contributed by atoms with van der Waals surface area (Å²) in [6, 6.07) is 7.79. The fourth-order valence-corrected chi connectivity index (χ4v) is 3.99. The average molecular weight is 418 g/mol. The van der Waals surface area contributed by atoms with Gasteiger partial charge in [0.25, 0.3) is 5.88 Å². The van der Waals surface area contributed by atoms with Crippen molar-refractivity contribution in [2.24, 2.45) is 0 Å². The monoisotopic (exact) mass is 417 g/mol. The number of hydrogen-bond donors (Lipinski definition) is 0.